The minimum Gasteiger partial charge on any atom is -0.493 e. The van der Waals surface area contributed by atoms with E-state index in [1.54, 1.807) is 21.1 Å². The largest absolute Gasteiger partial charge is 0.493 e. The normalized spacial score (nSPS) is 12.0. The molecule has 1 aromatic carbocycles. The van der Waals surface area contributed by atoms with Gasteiger partial charge < -0.3 is 9.47 Å². The van der Waals surface area contributed by atoms with Crippen molar-refractivity contribution in [2.45, 2.75) is 12.2 Å². The zero-order chi connectivity index (χ0) is 12.1. The summed E-state index contributed by atoms with van der Waals surface area (Å²) >= 11 is 1.52. The molecular weight excluding hydrogens is 224 g/mol. The fourth-order valence-electron chi connectivity index (χ4n) is 1.55. The van der Waals surface area contributed by atoms with Gasteiger partial charge in [-0.05, 0) is 30.9 Å². The summed E-state index contributed by atoms with van der Waals surface area (Å²) in [7, 11) is 3.18. The van der Waals surface area contributed by atoms with Crippen LogP contribution in [0.1, 0.15) is 17.7 Å². The molecule has 16 heavy (non-hydrogen) atoms. The van der Waals surface area contributed by atoms with Crippen LogP contribution in [-0.2, 0) is 4.79 Å². The third-order valence-corrected chi connectivity index (χ3v) is 3.39. The van der Waals surface area contributed by atoms with Gasteiger partial charge >= 0.3 is 0 Å². The van der Waals surface area contributed by atoms with Gasteiger partial charge in [-0.3, -0.25) is 4.79 Å². The van der Waals surface area contributed by atoms with Gasteiger partial charge in [0.2, 0.25) is 0 Å². The van der Waals surface area contributed by atoms with Gasteiger partial charge in [0.25, 0.3) is 0 Å². The summed E-state index contributed by atoms with van der Waals surface area (Å²) in [6, 6.07) is 5.56. The molecule has 1 unspecified atom stereocenters. The molecule has 0 radical (unpaired) electrons. The second-order valence-corrected chi connectivity index (χ2v) is 4.28. The first kappa shape index (κ1) is 12.9. The van der Waals surface area contributed by atoms with Crippen LogP contribution >= 0.6 is 11.8 Å². The third kappa shape index (κ3) is 2.70. The standard InChI is InChI=1S/C12H16O3S/c1-8(13)12(16-4)9-5-6-10(14-2)11(7-9)15-3/h5-7,12H,1-4H3. The van der Waals surface area contributed by atoms with E-state index in [-0.39, 0.29) is 11.0 Å². The molecule has 0 aliphatic rings. The molecule has 0 heterocycles. The van der Waals surface area contributed by atoms with Crippen LogP contribution in [0, 0.1) is 0 Å². The van der Waals surface area contributed by atoms with Gasteiger partial charge in [0.1, 0.15) is 5.78 Å². The summed E-state index contributed by atoms with van der Waals surface area (Å²) in [5.74, 6) is 1.47. The number of ether oxygens (including phenoxy) is 2. The summed E-state index contributed by atoms with van der Waals surface area (Å²) in [5, 5.41) is -0.139. The zero-order valence-corrected chi connectivity index (χ0v) is 10.8. The van der Waals surface area contributed by atoms with Gasteiger partial charge in [-0.25, -0.2) is 0 Å². The fourth-order valence-corrected chi connectivity index (χ4v) is 2.30. The van der Waals surface area contributed by atoms with Crippen LogP contribution in [0.4, 0.5) is 0 Å². The minimum atomic E-state index is -0.139. The number of rotatable bonds is 5. The highest BCUT2D eigenvalue weighted by Crippen LogP contribution is 2.34. The molecule has 0 N–H and O–H groups in total. The van der Waals surface area contributed by atoms with Crippen molar-refractivity contribution < 1.29 is 14.3 Å². The van der Waals surface area contributed by atoms with Crippen LogP contribution in [0.5, 0.6) is 11.5 Å². The first-order valence-electron chi connectivity index (χ1n) is 4.89. The van der Waals surface area contributed by atoms with Gasteiger partial charge in [0.15, 0.2) is 11.5 Å². The van der Waals surface area contributed by atoms with E-state index >= 15 is 0 Å². The molecule has 0 aliphatic heterocycles. The number of Topliss-reactive ketones (excluding diaryl/α,β-unsaturated/α-hetero) is 1. The maximum atomic E-state index is 11.4. The van der Waals surface area contributed by atoms with Crippen molar-refractivity contribution in [2.75, 3.05) is 20.5 Å². The fraction of sp³-hybridized carbons (Fsp3) is 0.417. The summed E-state index contributed by atoms with van der Waals surface area (Å²) in [6.45, 7) is 1.60. The van der Waals surface area contributed by atoms with Gasteiger partial charge in [0.05, 0.1) is 19.5 Å². The third-order valence-electron chi connectivity index (χ3n) is 2.32. The quantitative estimate of drug-likeness (QED) is 0.792. The Labute approximate surface area is 100 Å². The molecule has 1 rings (SSSR count). The molecule has 0 bridgehead atoms. The summed E-state index contributed by atoms with van der Waals surface area (Å²) in [5.41, 5.74) is 0.942. The van der Waals surface area contributed by atoms with E-state index in [4.69, 9.17) is 9.47 Å². The smallest absolute Gasteiger partial charge is 0.161 e. The molecular formula is C12H16O3S. The molecule has 0 saturated carbocycles. The minimum absolute atomic E-state index is 0.139. The van der Waals surface area contributed by atoms with Crippen molar-refractivity contribution in [1.82, 2.24) is 0 Å². The zero-order valence-electron chi connectivity index (χ0n) is 9.94. The predicted octanol–water partition coefficient (Wildman–Crippen LogP) is 2.70. The van der Waals surface area contributed by atoms with Crippen LogP contribution in [-0.4, -0.2) is 26.3 Å². The Kier molecular flexibility index (Phi) is 4.68. The Balaban J connectivity index is 3.11. The Morgan fingerprint density at radius 2 is 1.88 bits per heavy atom. The van der Waals surface area contributed by atoms with Crippen molar-refractivity contribution in [1.29, 1.82) is 0 Å². The number of carbonyl (C=O) groups excluding carboxylic acids is 1. The van der Waals surface area contributed by atoms with Crippen molar-refractivity contribution in [2.24, 2.45) is 0 Å². The van der Waals surface area contributed by atoms with E-state index in [2.05, 4.69) is 0 Å². The molecule has 0 aliphatic carbocycles. The van der Waals surface area contributed by atoms with Crippen LogP contribution in [0.2, 0.25) is 0 Å². The van der Waals surface area contributed by atoms with Crippen LogP contribution in [0.15, 0.2) is 18.2 Å². The monoisotopic (exact) mass is 240 g/mol. The van der Waals surface area contributed by atoms with Crippen LogP contribution in [0.3, 0.4) is 0 Å². The van der Waals surface area contributed by atoms with Gasteiger partial charge in [-0.15, -0.1) is 11.8 Å². The van der Waals surface area contributed by atoms with E-state index in [1.165, 1.54) is 11.8 Å². The average molecular weight is 240 g/mol. The number of carbonyl (C=O) groups is 1. The molecule has 3 nitrogen and oxygen atoms in total. The summed E-state index contributed by atoms with van der Waals surface area (Å²) < 4.78 is 10.4. The van der Waals surface area contributed by atoms with E-state index in [0.29, 0.717) is 11.5 Å². The molecule has 0 amide bonds. The lowest BCUT2D eigenvalue weighted by Crippen LogP contribution is -2.04. The van der Waals surface area contributed by atoms with Crippen molar-refractivity contribution in [3.05, 3.63) is 23.8 Å². The van der Waals surface area contributed by atoms with Crippen LogP contribution in [0.25, 0.3) is 0 Å². The lowest BCUT2D eigenvalue weighted by atomic mass is 10.1. The van der Waals surface area contributed by atoms with Gasteiger partial charge in [0, 0.05) is 0 Å². The van der Waals surface area contributed by atoms with Gasteiger partial charge in [-0.2, -0.15) is 0 Å². The topological polar surface area (TPSA) is 35.5 Å². The van der Waals surface area contributed by atoms with Crippen molar-refractivity contribution in [3.63, 3.8) is 0 Å². The molecule has 88 valence electrons. The maximum absolute atomic E-state index is 11.4. The Morgan fingerprint density at radius 3 is 2.31 bits per heavy atom. The molecule has 1 aromatic rings. The second kappa shape index (κ2) is 5.80. The molecule has 0 saturated heterocycles. The highest BCUT2D eigenvalue weighted by atomic mass is 32.2. The number of hydrogen-bond donors (Lipinski definition) is 0. The Hall–Kier alpha value is -1.16. The van der Waals surface area contributed by atoms with Gasteiger partial charge in [-0.1, -0.05) is 6.07 Å². The van der Waals surface area contributed by atoms with Crippen molar-refractivity contribution >= 4 is 17.5 Å². The molecule has 0 fully saturated rings. The molecule has 4 heteroatoms. The average Bonchev–Trinajstić information content (AvgIpc) is 2.29. The van der Waals surface area contributed by atoms with E-state index in [9.17, 15) is 4.79 Å². The lowest BCUT2D eigenvalue weighted by molar-refractivity contribution is -0.116. The highest BCUT2D eigenvalue weighted by Gasteiger charge is 2.17. The molecule has 0 aromatic heterocycles. The Bertz CT molecular complexity index is 377. The summed E-state index contributed by atoms with van der Waals surface area (Å²) in [6.07, 6.45) is 1.92. The second-order valence-electron chi connectivity index (χ2n) is 3.34. The molecule has 0 spiro atoms. The number of hydrogen-bond acceptors (Lipinski definition) is 4. The van der Waals surface area contributed by atoms with E-state index in [0.717, 1.165) is 5.56 Å². The SMILES string of the molecule is COc1ccc(C(SC)C(C)=O)cc1OC. The molecule has 1 atom stereocenters. The summed E-state index contributed by atoms with van der Waals surface area (Å²) in [4.78, 5) is 11.4. The van der Waals surface area contributed by atoms with E-state index < -0.39 is 0 Å². The predicted molar refractivity (Wildman–Crippen MR) is 66.5 cm³/mol. The number of thioether (sulfide) groups is 1. The first-order valence-corrected chi connectivity index (χ1v) is 6.18. The lowest BCUT2D eigenvalue weighted by Gasteiger charge is -2.14. The van der Waals surface area contributed by atoms with Crippen LogP contribution < -0.4 is 9.47 Å². The highest BCUT2D eigenvalue weighted by molar-refractivity contribution is 7.99. The number of methoxy groups -OCH3 is 2. The number of benzene rings is 1. The Morgan fingerprint density at radius 1 is 1.25 bits per heavy atom. The maximum Gasteiger partial charge on any atom is 0.161 e. The van der Waals surface area contributed by atoms with Crippen molar-refractivity contribution in [3.8, 4) is 11.5 Å². The first-order chi connectivity index (χ1) is 7.63. The number of ketones is 1. The van der Waals surface area contributed by atoms with E-state index in [1.807, 2.05) is 24.5 Å².